The first kappa shape index (κ1) is 12.8. The lowest BCUT2D eigenvalue weighted by Crippen LogP contribution is -2.00. The average molecular weight is 258 g/mol. The molecular weight excluding hydrogens is 247 g/mol. The van der Waals surface area contributed by atoms with Crippen LogP contribution in [0.2, 0.25) is 0 Å². The first-order valence-corrected chi connectivity index (χ1v) is 5.62. The van der Waals surface area contributed by atoms with Crippen molar-refractivity contribution < 1.29 is 9.13 Å². The zero-order valence-electron chi connectivity index (χ0n) is 10.2. The number of benzene rings is 1. The largest absolute Gasteiger partial charge is 0.435 e. The molecule has 2 N–H and O–H groups in total. The lowest BCUT2D eigenvalue weighted by Gasteiger charge is -2.08. The lowest BCUT2D eigenvalue weighted by molar-refractivity contribution is 0.414. The number of aryl methyl sites for hydroxylation is 1. The summed E-state index contributed by atoms with van der Waals surface area (Å²) in [5.74, 6) is -0.616. The van der Waals surface area contributed by atoms with Gasteiger partial charge in [-0.2, -0.15) is 14.6 Å². The van der Waals surface area contributed by atoms with Crippen LogP contribution >= 0.6 is 0 Å². The number of nitrogen functional groups attached to an aromatic ring is 1. The van der Waals surface area contributed by atoms with Crippen molar-refractivity contribution in [2.24, 2.45) is 0 Å². The van der Waals surface area contributed by atoms with Gasteiger partial charge in [-0.25, -0.2) is 4.98 Å². The van der Waals surface area contributed by atoms with Gasteiger partial charge < -0.3 is 10.5 Å². The molecule has 0 unspecified atom stereocenters. The van der Waals surface area contributed by atoms with E-state index >= 15 is 0 Å². The van der Waals surface area contributed by atoms with Crippen LogP contribution in [0, 0.1) is 17.1 Å². The zero-order valence-corrected chi connectivity index (χ0v) is 10.2. The van der Waals surface area contributed by atoms with Crippen LogP contribution in [-0.2, 0) is 6.42 Å². The Bertz CT molecular complexity index is 652. The molecule has 96 valence electrons. The predicted molar refractivity (Wildman–Crippen MR) is 67.0 cm³/mol. The molecule has 0 saturated carbocycles. The molecule has 19 heavy (non-hydrogen) atoms. The summed E-state index contributed by atoms with van der Waals surface area (Å²) in [6.45, 7) is 1.78. The highest BCUT2D eigenvalue weighted by Crippen LogP contribution is 2.27. The molecule has 0 saturated heterocycles. The van der Waals surface area contributed by atoms with E-state index in [1.165, 1.54) is 18.5 Å². The van der Waals surface area contributed by atoms with Gasteiger partial charge in [-0.1, -0.05) is 6.92 Å². The Labute approximate surface area is 109 Å². The normalized spacial score (nSPS) is 9.95. The fraction of sp³-hybridized carbons (Fsp3) is 0.154. The SMILES string of the molecule is CCc1ncnc(Oc2ccc(N)cc2C#N)c1F. The summed E-state index contributed by atoms with van der Waals surface area (Å²) in [6.07, 6.45) is 1.65. The van der Waals surface area contributed by atoms with E-state index in [0.717, 1.165) is 0 Å². The maximum absolute atomic E-state index is 13.9. The van der Waals surface area contributed by atoms with Crippen LogP contribution in [0.3, 0.4) is 0 Å². The van der Waals surface area contributed by atoms with Gasteiger partial charge >= 0.3 is 0 Å². The fourth-order valence-electron chi connectivity index (χ4n) is 1.53. The lowest BCUT2D eigenvalue weighted by atomic mass is 10.2. The summed E-state index contributed by atoms with van der Waals surface area (Å²) in [6, 6.07) is 6.45. The molecular formula is C13H11FN4O. The van der Waals surface area contributed by atoms with Gasteiger partial charge in [0.2, 0.25) is 5.82 Å². The van der Waals surface area contributed by atoms with Crippen molar-refractivity contribution in [3.05, 3.63) is 41.6 Å². The van der Waals surface area contributed by atoms with Gasteiger partial charge in [0.15, 0.2) is 0 Å². The number of rotatable bonds is 3. The Kier molecular flexibility index (Phi) is 3.57. The van der Waals surface area contributed by atoms with E-state index in [0.29, 0.717) is 12.1 Å². The van der Waals surface area contributed by atoms with Crippen LogP contribution in [-0.4, -0.2) is 9.97 Å². The number of nitrogens with zero attached hydrogens (tertiary/aromatic N) is 3. The second kappa shape index (κ2) is 5.31. The van der Waals surface area contributed by atoms with Crippen LogP contribution in [0.15, 0.2) is 24.5 Å². The summed E-state index contributed by atoms with van der Waals surface area (Å²) >= 11 is 0. The number of ether oxygens (including phenoxy) is 1. The Morgan fingerprint density at radius 1 is 1.42 bits per heavy atom. The minimum absolute atomic E-state index is 0.201. The van der Waals surface area contributed by atoms with Crippen molar-refractivity contribution in [2.75, 3.05) is 5.73 Å². The van der Waals surface area contributed by atoms with Gasteiger partial charge in [0.25, 0.3) is 5.88 Å². The Balaban J connectivity index is 2.40. The average Bonchev–Trinajstić information content (AvgIpc) is 2.42. The molecule has 1 aromatic heterocycles. The Morgan fingerprint density at radius 2 is 2.21 bits per heavy atom. The van der Waals surface area contributed by atoms with E-state index in [-0.39, 0.29) is 22.9 Å². The molecule has 0 aliphatic carbocycles. The molecule has 0 atom stereocenters. The molecule has 2 rings (SSSR count). The highest BCUT2D eigenvalue weighted by Gasteiger charge is 2.13. The van der Waals surface area contributed by atoms with Crippen molar-refractivity contribution in [2.45, 2.75) is 13.3 Å². The van der Waals surface area contributed by atoms with Crippen LogP contribution in [0.4, 0.5) is 10.1 Å². The quantitative estimate of drug-likeness (QED) is 0.854. The maximum Gasteiger partial charge on any atom is 0.259 e. The standard InChI is InChI=1S/C13H11FN4O/c1-2-10-12(14)13(18-7-17-10)19-11-4-3-9(16)5-8(11)6-15/h3-5,7H,2,16H2,1H3. The van der Waals surface area contributed by atoms with Gasteiger partial charge in [0, 0.05) is 5.69 Å². The molecule has 1 aromatic carbocycles. The summed E-state index contributed by atoms with van der Waals surface area (Å²) < 4.78 is 19.2. The van der Waals surface area contributed by atoms with Gasteiger partial charge in [-0.05, 0) is 24.6 Å². The molecule has 5 nitrogen and oxygen atoms in total. The molecule has 6 heteroatoms. The molecule has 0 amide bonds. The number of hydrogen-bond donors (Lipinski definition) is 1. The summed E-state index contributed by atoms with van der Waals surface area (Å²) in [5, 5.41) is 8.98. The molecule has 0 spiro atoms. The third kappa shape index (κ3) is 2.60. The first-order valence-electron chi connectivity index (χ1n) is 5.62. The molecule has 2 aromatic rings. The van der Waals surface area contributed by atoms with Crippen molar-refractivity contribution >= 4 is 5.69 Å². The van der Waals surface area contributed by atoms with Crippen LogP contribution < -0.4 is 10.5 Å². The summed E-state index contributed by atoms with van der Waals surface area (Å²) in [7, 11) is 0. The van der Waals surface area contributed by atoms with Crippen molar-refractivity contribution in [3.63, 3.8) is 0 Å². The zero-order chi connectivity index (χ0) is 13.8. The number of halogens is 1. The first-order chi connectivity index (χ1) is 9.15. The van der Waals surface area contributed by atoms with Crippen molar-refractivity contribution in [1.29, 1.82) is 5.26 Å². The number of nitriles is 1. The van der Waals surface area contributed by atoms with E-state index in [4.69, 9.17) is 15.7 Å². The highest BCUT2D eigenvalue weighted by atomic mass is 19.1. The molecule has 0 fully saturated rings. The van der Waals surface area contributed by atoms with Crippen molar-refractivity contribution in [1.82, 2.24) is 9.97 Å². The third-order valence-electron chi connectivity index (χ3n) is 2.50. The van der Waals surface area contributed by atoms with E-state index in [9.17, 15) is 4.39 Å². The summed E-state index contributed by atoms with van der Waals surface area (Å²) in [4.78, 5) is 7.54. The molecule has 0 radical (unpaired) electrons. The van der Waals surface area contributed by atoms with E-state index in [1.807, 2.05) is 6.07 Å². The van der Waals surface area contributed by atoms with Gasteiger partial charge in [-0.15, -0.1) is 0 Å². The molecule has 0 aliphatic heterocycles. The number of aromatic nitrogens is 2. The van der Waals surface area contributed by atoms with Gasteiger partial charge in [0.1, 0.15) is 18.1 Å². The Morgan fingerprint density at radius 3 is 2.89 bits per heavy atom. The minimum atomic E-state index is -0.620. The van der Waals surface area contributed by atoms with Crippen molar-refractivity contribution in [3.8, 4) is 17.7 Å². The Hall–Kier alpha value is -2.68. The second-order valence-electron chi connectivity index (χ2n) is 3.76. The van der Waals surface area contributed by atoms with E-state index in [1.54, 1.807) is 13.0 Å². The fourth-order valence-corrected chi connectivity index (χ4v) is 1.53. The summed E-state index contributed by atoms with van der Waals surface area (Å²) in [5.41, 5.74) is 6.48. The van der Waals surface area contributed by atoms with Crippen LogP contribution in [0.1, 0.15) is 18.2 Å². The van der Waals surface area contributed by atoms with E-state index < -0.39 is 5.82 Å². The number of nitrogens with two attached hydrogens (primary N) is 1. The minimum Gasteiger partial charge on any atom is -0.435 e. The highest BCUT2D eigenvalue weighted by molar-refractivity contribution is 5.53. The van der Waals surface area contributed by atoms with E-state index in [2.05, 4.69) is 9.97 Å². The van der Waals surface area contributed by atoms with Crippen LogP contribution in [0.25, 0.3) is 0 Å². The number of anilines is 1. The third-order valence-corrected chi connectivity index (χ3v) is 2.50. The topological polar surface area (TPSA) is 84.8 Å². The second-order valence-corrected chi connectivity index (χ2v) is 3.76. The predicted octanol–water partition coefficient (Wildman–Crippen LogP) is 2.42. The smallest absolute Gasteiger partial charge is 0.259 e. The molecule has 0 aliphatic rings. The molecule has 1 heterocycles. The monoisotopic (exact) mass is 258 g/mol. The van der Waals surface area contributed by atoms with Gasteiger partial charge in [-0.3, -0.25) is 0 Å². The number of hydrogen-bond acceptors (Lipinski definition) is 5. The van der Waals surface area contributed by atoms with Crippen LogP contribution in [0.5, 0.6) is 11.6 Å². The molecule has 0 bridgehead atoms. The van der Waals surface area contributed by atoms with Gasteiger partial charge in [0.05, 0.1) is 11.3 Å². The maximum atomic E-state index is 13.9.